The molecule has 0 aliphatic heterocycles. The number of aromatic amines is 1. The SMILES string of the molecule is CCOCCOc1ncc(NC(=O)C(C)(C)[C@@H](c2ccc(C)c(CNS(=O)(=O)c3ccc[nH]c3=O)c2)c2ccc3c(nnn3CC)c2C)cn1. The van der Waals surface area contributed by atoms with Crippen molar-refractivity contribution in [2.24, 2.45) is 5.41 Å². The van der Waals surface area contributed by atoms with Gasteiger partial charge in [-0.25, -0.2) is 27.8 Å². The number of fused-ring (bicyclic) bond motifs is 1. The Hall–Kier alpha value is -4.99. The molecule has 3 heterocycles. The summed E-state index contributed by atoms with van der Waals surface area (Å²) >= 11 is 0. The highest BCUT2D eigenvalue weighted by Crippen LogP contribution is 2.44. The molecule has 0 unspecified atom stereocenters. The molecule has 264 valence electrons. The van der Waals surface area contributed by atoms with Crippen LogP contribution in [0.15, 0.2) is 70.7 Å². The monoisotopic (exact) mass is 702 g/mol. The summed E-state index contributed by atoms with van der Waals surface area (Å²) in [4.78, 5) is 36.9. The lowest BCUT2D eigenvalue weighted by atomic mass is 9.69. The van der Waals surface area contributed by atoms with Crippen molar-refractivity contribution in [1.29, 1.82) is 0 Å². The van der Waals surface area contributed by atoms with E-state index in [1.54, 1.807) is 0 Å². The van der Waals surface area contributed by atoms with Gasteiger partial charge in [0.15, 0.2) is 0 Å². The summed E-state index contributed by atoms with van der Waals surface area (Å²) in [5.74, 6) is -0.812. The molecule has 15 heteroatoms. The van der Waals surface area contributed by atoms with E-state index in [0.29, 0.717) is 37.6 Å². The van der Waals surface area contributed by atoms with Crippen LogP contribution in [0.25, 0.3) is 11.0 Å². The lowest BCUT2D eigenvalue weighted by Gasteiger charge is -2.35. The van der Waals surface area contributed by atoms with Crippen molar-refractivity contribution in [2.75, 3.05) is 25.1 Å². The molecule has 14 nitrogen and oxygen atoms in total. The molecule has 0 aliphatic rings. The summed E-state index contributed by atoms with van der Waals surface area (Å²) in [6.07, 6.45) is 4.34. The number of carbonyl (C=O) groups is 1. The van der Waals surface area contributed by atoms with Gasteiger partial charge < -0.3 is 19.8 Å². The van der Waals surface area contributed by atoms with Gasteiger partial charge in [0.25, 0.3) is 5.56 Å². The number of anilines is 1. The maximum Gasteiger partial charge on any atom is 0.316 e. The number of ether oxygens (including phenoxy) is 2. The fraction of sp³-hybridized carbons (Fsp3) is 0.371. The molecule has 50 heavy (non-hydrogen) atoms. The first-order valence-corrected chi connectivity index (χ1v) is 17.8. The molecule has 1 atom stereocenters. The smallest absolute Gasteiger partial charge is 0.316 e. The van der Waals surface area contributed by atoms with E-state index in [1.165, 1.54) is 30.7 Å². The van der Waals surface area contributed by atoms with E-state index >= 15 is 0 Å². The van der Waals surface area contributed by atoms with Gasteiger partial charge in [0.05, 0.1) is 35.6 Å². The highest BCUT2D eigenvalue weighted by Gasteiger charge is 2.40. The Morgan fingerprint density at radius 2 is 1.82 bits per heavy atom. The summed E-state index contributed by atoms with van der Waals surface area (Å²) in [5, 5.41) is 11.7. The van der Waals surface area contributed by atoms with Gasteiger partial charge in [0.2, 0.25) is 15.9 Å². The molecule has 0 spiro atoms. The molecular weight excluding hydrogens is 661 g/mol. The van der Waals surface area contributed by atoms with Gasteiger partial charge >= 0.3 is 6.01 Å². The van der Waals surface area contributed by atoms with Crippen LogP contribution in [0.2, 0.25) is 0 Å². The van der Waals surface area contributed by atoms with Crippen molar-refractivity contribution in [2.45, 2.75) is 65.4 Å². The standard InChI is InChI=1S/C35H42N8O6S/c1-7-43-28-14-13-27(23(4)31(28)41-42-43)30(35(5,6)33(45)40-26-20-37-34(38-21-26)49-17-16-48-8-2)24-12-11-22(3)25(18-24)19-39-50(46,47)29-10-9-15-36-32(29)44/h9-15,18,20-21,30,39H,7-8,16-17,19H2,1-6H3,(H,36,44)(H,40,45)/t30-/m0/s1. The zero-order valence-corrected chi connectivity index (χ0v) is 29.8. The first kappa shape index (κ1) is 36.3. The average molecular weight is 703 g/mol. The molecule has 0 aliphatic carbocycles. The van der Waals surface area contributed by atoms with E-state index in [-0.39, 0.29) is 23.4 Å². The topological polar surface area (TPSA) is 183 Å². The molecule has 3 N–H and O–H groups in total. The van der Waals surface area contributed by atoms with Crippen LogP contribution in [-0.2, 0) is 32.6 Å². The first-order chi connectivity index (χ1) is 23.9. The Morgan fingerprint density at radius 1 is 1.06 bits per heavy atom. The second-order valence-electron chi connectivity index (χ2n) is 12.3. The van der Waals surface area contributed by atoms with E-state index < -0.39 is 26.9 Å². The predicted octanol–water partition coefficient (Wildman–Crippen LogP) is 4.24. The number of benzene rings is 2. The van der Waals surface area contributed by atoms with Gasteiger partial charge in [-0.2, -0.15) is 0 Å². The van der Waals surface area contributed by atoms with Crippen LogP contribution in [0.5, 0.6) is 6.01 Å². The first-order valence-electron chi connectivity index (χ1n) is 16.3. The zero-order chi connectivity index (χ0) is 36.1. The number of nitrogens with zero attached hydrogens (tertiary/aromatic N) is 5. The van der Waals surface area contributed by atoms with Gasteiger partial charge in [0.1, 0.15) is 17.0 Å². The minimum Gasteiger partial charge on any atom is -0.461 e. The van der Waals surface area contributed by atoms with E-state index in [9.17, 15) is 18.0 Å². The van der Waals surface area contributed by atoms with Crippen molar-refractivity contribution in [3.8, 4) is 6.01 Å². The lowest BCUT2D eigenvalue weighted by Crippen LogP contribution is -2.37. The third-order valence-electron chi connectivity index (χ3n) is 8.68. The molecule has 5 aromatic rings. The van der Waals surface area contributed by atoms with E-state index in [2.05, 4.69) is 35.3 Å². The Kier molecular flexibility index (Phi) is 11.1. The van der Waals surface area contributed by atoms with Crippen LogP contribution in [0.3, 0.4) is 0 Å². The Labute approximate surface area is 290 Å². The highest BCUT2D eigenvalue weighted by atomic mass is 32.2. The summed E-state index contributed by atoms with van der Waals surface area (Å²) in [6, 6.07) is 12.6. The molecule has 2 aromatic carbocycles. The van der Waals surface area contributed by atoms with Gasteiger partial charge in [0, 0.05) is 31.8 Å². The molecule has 5 rings (SSSR count). The molecule has 0 saturated heterocycles. The van der Waals surface area contributed by atoms with Crippen molar-refractivity contribution in [1.82, 2.24) is 34.7 Å². The van der Waals surface area contributed by atoms with E-state index in [4.69, 9.17) is 9.47 Å². The van der Waals surface area contributed by atoms with Crippen LogP contribution in [-0.4, -0.2) is 64.1 Å². The van der Waals surface area contributed by atoms with Crippen LogP contribution < -0.4 is 20.3 Å². The molecular formula is C35H42N8O6S. The number of hydrogen-bond donors (Lipinski definition) is 3. The van der Waals surface area contributed by atoms with Crippen LogP contribution in [0, 0.1) is 19.3 Å². The fourth-order valence-electron chi connectivity index (χ4n) is 5.86. The van der Waals surface area contributed by atoms with Crippen LogP contribution in [0.1, 0.15) is 61.4 Å². The summed E-state index contributed by atoms with van der Waals surface area (Å²) in [7, 11) is -4.11. The van der Waals surface area contributed by atoms with Crippen LogP contribution in [0.4, 0.5) is 5.69 Å². The lowest BCUT2D eigenvalue weighted by molar-refractivity contribution is -0.124. The second kappa shape index (κ2) is 15.3. The molecule has 3 aromatic heterocycles. The third kappa shape index (κ3) is 7.74. The summed E-state index contributed by atoms with van der Waals surface area (Å²) < 4.78 is 41.3. The maximum atomic E-state index is 14.2. The number of sulfonamides is 1. The Balaban J connectivity index is 1.50. The normalized spacial score (nSPS) is 12.6. The Morgan fingerprint density at radius 3 is 2.52 bits per heavy atom. The van der Waals surface area contributed by atoms with Crippen molar-refractivity contribution in [3.05, 3.63) is 99.2 Å². The molecule has 0 fully saturated rings. The number of nitrogens with one attached hydrogen (secondary N) is 3. The zero-order valence-electron chi connectivity index (χ0n) is 29.0. The Bertz CT molecular complexity index is 2140. The molecule has 1 amide bonds. The molecule has 0 radical (unpaired) electrons. The second-order valence-corrected chi connectivity index (χ2v) is 14.1. The average Bonchev–Trinajstić information content (AvgIpc) is 3.53. The maximum absolute atomic E-state index is 14.2. The van der Waals surface area contributed by atoms with Crippen molar-refractivity contribution < 1.29 is 22.7 Å². The number of pyridine rings is 1. The van der Waals surface area contributed by atoms with E-state index in [0.717, 1.165) is 33.3 Å². The fourth-order valence-corrected chi connectivity index (χ4v) is 6.92. The largest absolute Gasteiger partial charge is 0.461 e. The van der Waals surface area contributed by atoms with Gasteiger partial charge in [-0.3, -0.25) is 9.59 Å². The molecule has 0 saturated carbocycles. The number of carbonyl (C=O) groups excluding carboxylic acids is 1. The van der Waals surface area contributed by atoms with Crippen molar-refractivity contribution >= 4 is 32.7 Å². The van der Waals surface area contributed by atoms with Crippen LogP contribution >= 0.6 is 0 Å². The van der Waals surface area contributed by atoms with Gasteiger partial charge in [-0.15, -0.1) is 5.10 Å². The van der Waals surface area contributed by atoms with Crippen molar-refractivity contribution in [3.63, 3.8) is 0 Å². The highest BCUT2D eigenvalue weighted by molar-refractivity contribution is 7.89. The summed E-state index contributed by atoms with van der Waals surface area (Å²) in [6.45, 7) is 13.3. The van der Waals surface area contributed by atoms with E-state index in [1.807, 2.05) is 76.6 Å². The third-order valence-corrected chi connectivity index (χ3v) is 10.1. The number of hydrogen-bond acceptors (Lipinski definition) is 10. The number of aromatic nitrogens is 6. The minimum absolute atomic E-state index is 0.0745. The number of aryl methyl sites for hydroxylation is 3. The number of rotatable bonds is 15. The quantitative estimate of drug-likeness (QED) is 0.133. The van der Waals surface area contributed by atoms with Gasteiger partial charge in [-0.05, 0) is 73.7 Å². The molecule has 0 bridgehead atoms. The number of H-pyrrole nitrogens is 1. The number of amides is 1. The minimum atomic E-state index is -4.11. The summed E-state index contributed by atoms with van der Waals surface area (Å²) in [5.41, 5.74) is 4.25. The predicted molar refractivity (Wildman–Crippen MR) is 188 cm³/mol. The van der Waals surface area contributed by atoms with Gasteiger partial charge in [-0.1, -0.05) is 43.3 Å².